The highest BCUT2D eigenvalue weighted by atomic mass is 32.2. The van der Waals surface area contributed by atoms with E-state index in [2.05, 4.69) is 36.0 Å². The third-order valence-corrected chi connectivity index (χ3v) is 9.74. The zero-order chi connectivity index (χ0) is 44.7. The number of fused-ring (bicyclic) bond motifs is 1. The summed E-state index contributed by atoms with van der Waals surface area (Å²) in [4.78, 5) is 22.3. The lowest BCUT2D eigenvalue weighted by Crippen LogP contribution is -2.01. The molecule has 0 aromatic heterocycles. The molecule has 0 amide bonds. The minimum absolute atomic E-state index is 0.0152. The van der Waals surface area contributed by atoms with Crippen LogP contribution < -0.4 is 29.0 Å². The Morgan fingerprint density at radius 2 is 1.00 bits per heavy atom. The topological polar surface area (TPSA) is 282 Å². The summed E-state index contributed by atoms with van der Waals surface area (Å²) in [5, 5.41) is 58.6. The maximum Gasteiger partial charge on any atom is 0.335 e. The quantitative estimate of drug-likeness (QED) is 0.0447. The first-order chi connectivity index (χ1) is 29.6. The molecule has 6 aromatic rings. The van der Waals surface area contributed by atoms with E-state index >= 15 is 0 Å². The number of carboxylic acids is 2. The molecule has 21 heteroatoms. The van der Waals surface area contributed by atoms with Gasteiger partial charge in [-0.05, 0) is 72.1 Å². The first-order valence-corrected chi connectivity index (χ1v) is 19.2. The lowest BCUT2D eigenvalue weighted by atomic mass is 10.1. The van der Waals surface area contributed by atoms with Crippen LogP contribution in [0.2, 0.25) is 0 Å². The van der Waals surface area contributed by atoms with Gasteiger partial charge in [0.15, 0.2) is 5.75 Å². The van der Waals surface area contributed by atoms with E-state index < -0.39 is 38.4 Å². The van der Waals surface area contributed by atoms with Crippen molar-refractivity contribution in [2.75, 3.05) is 40.9 Å². The standard InChI is InChI=1S/C41H35N7O13S/c1-57-27-9-6-24(7-10-27)42-25-8-11-28-21(13-25)16-37(62(54,55)56)38(39(28)49)48-47-32-20-35(60-4)31(19-36(32)61-5)46-45-30-18-33(58-2)29(17-34(30)59-3)44-43-26-14-22(40(50)51)12-23(15-26)41(52)53/h6-20,42,49H,1-5H3,(H,50,51)(H,52,53)(H,54,55,56). The number of ether oxygens (including phenoxy) is 5. The van der Waals surface area contributed by atoms with Crippen LogP contribution in [-0.2, 0) is 10.1 Å². The Labute approximate surface area is 352 Å². The molecule has 318 valence electrons. The molecular formula is C41H35N7O13S. The number of rotatable bonds is 16. The number of aromatic hydroxyl groups is 1. The van der Waals surface area contributed by atoms with Gasteiger partial charge >= 0.3 is 11.9 Å². The molecule has 0 aliphatic rings. The number of nitrogens with one attached hydrogen (secondary N) is 1. The smallest absolute Gasteiger partial charge is 0.335 e. The van der Waals surface area contributed by atoms with Crippen LogP contribution >= 0.6 is 0 Å². The number of carboxylic acid groups (broad SMARTS) is 2. The summed E-state index contributed by atoms with van der Waals surface area (Å²) in [7, 11) is 2.00. The van der Waals surface area contributed by atoms with E-state index in [9.17, 15) is 37.9 Å². The summed E-state index contributed by atoms with van der Waals surface area (Å²) >= 11 is 0. The molecule has 0 aliphatic carbocycles. The summed E-state index contributed by atoms with van der Waals surface area (Å²) in [6.07, 6.45) is 0. The Morgan fingerprint density at radius 1 is 0.548 bits per heavy atom. The molecule has 6 aromatic carbocycles. The second-order valence-electron chi connectivity index (χ2n) is 12.7. The number of phenolic OH excluding ortho intramolecular Hbond substituents is 1. The predicted octanol–water partition coefficient (Wildman–Crippen LogP) is 10.2. The third-order valence-electron chi connectivity index (χ3n) is 8.88. The number of nitrogens with zero attached hydrogens (tertiary/aromatic N) is 6. The average Bonchev–Trinajstić information content (AvgIpc) is 3.26. The number of benzene rings is 6. The normalized spacial score (nSPS) is 11.6. The Morgan fingerprint density at radius 3 is 1.44 bits per heavy atom. The van der Waals surface area contributed by atoms with Crippen molar-refractivity contribution in [3.8, 4) is 34.5 Å². The van der Waals surface area contributed by atoms with Crippen LogP contribution in [-0.4, -0.2) is 75.8 Å². The lowest BCUT2D eigenvalue weighted by molar-refractivity contribution is 0.0696. The summed E-state index contributed by atoms with van der Waals surface area (Å²) in [6.45, 7) is 0. The number of phenols is 1. The van der Waals surface area contributed by atoms with E-state index in [1.54, 1.807) is 49.6 Å². The molecule has 0 saturated heterocycles. The molecule has 0 fully saturated rings. The molecule has 5 N–H and O–H groups in total. The Hall–Kier alpha value is -8.17. The van der Waals surface area contributed by atoms with Gasteiger partial charge in [-0.15, -0.1) is 25.6 Å². The zero-order valence-corrected chi connectivity index (χ0v) is 34.0. The van der Waals surface area contributed by atoms with Crippen LogP contribution in [0.25, 0.3) is 10.8 Å². The number of carbonyl (C=O) groups is 2. The molecule has 0 bridgehead atoms. The molecule has 0 spiro atoms. The molecule has 20 nitrogen and oxygen atoms in total. The highest BCUT2D eigenvalue weighted by Gasteiger charge is 2.23. The number of hydrogen-bond acceptors (Lipinski definition) is 17. The molecular weight excluding hydrogens is 831 g/mol. The van der Waals surface area contributed by atoms with Crippen molar-refractivity contribution in [2.45, 2.75) is 4.90 Å². The van der Waals surface area contributed by atoms with Crippen molar-refractivity contribution in [3.05, 3.63) is 102 Å². The van der Waals surface area contributed by atoms with E-state index in [0.717, 1.165) is 24.3 Å². The maximum atomic E-state index is 12.6. The second kappa shape index (κ2) is 18.4. The molecule has 6 rings (SSSR count). The second-order valence-corrected chi connectivity index (χ2v) is 14.1. The highest BCUT2D eigenvalue weighted by molar-refractivity contribution is 7.86. The molecule has 0 saturated carbocycles. The van der Waals surface area contributed by atoms with Gasteiger partial charge in [0, 0.05) is 41.0 Å². The van der Waals surface area contributed by atoms with Gasteiger partial charge in [-0.1, -0.05) is 0 Å². The van der Waals surface area contributed by atoms with Crippen molar-refractivity contribution >= 4 is 78.3 Å². The van der Waals surface area contributed by atoms with Crippen LogP contribution in [0.4, 0.5) is 45.5 Å². The van der Waals surface area contributed by atoms with E-state index in [1.807, 2.05) is 0 Å². The van der Waals surface area contributed by atoms with Gasteiger partial charge in [-0.2, -0.15) is 13.5 Å². The molecule has 0 radical (unpaired) electrons. The van der Waals surface area contributed by atoms with Gasteiger partial charge in [0.25, 0.3) is 10.1 Å². The van der Waals surface area contributed by atoms with E-state index in [-0.39, 0.29) is 73.3 Å². The minimum atomic E-state index is -4.94. The van der Waals surface area contributed by atoms with Crippen molar-refractivity contribution in [1.29, 1.82) is 0 Å². The molecule has 0 heterocycles. The fourth-order valence-corrected chi connectivity index (χ4v) is 6.50. The van der Waals surface area contributed by atoms with Gasteiger partial charge in [-0.3, -0.25) is 4.55 Å². The minimum Gasteiger partial charge on any atom is -0.505 e. The molecule has 0 atom stereocenters. The number of methoxy groups -OCH3 is 5. The fraction of sp³-hybridized carbons (Fsp3) is 0.122. The SMILES string of the molecule is COc1ccc(Nc2ccc3c(O)c(N=Nc4cc(OC)c(N=Nc5cc(OC)c(N=Nc6cc(C(=O)O)cc(C(=O)O)c6)cc5OC)cc4OC)c(S(=O)(=O)O)cc3c2)cc1. The van der Waals surface area contributed by atoms with Crippen molar-refractivity contribution < 1.29 is 61.6 Å². The summed E-state index contributed by atoms with van der Waals surface area (Å²) in [5.74, 6) is -2.13. The van der Waals surface area contributed by atoms with E-state index in [1.165, 1.54) is 52.7 Å². The van der Waals surface area contributed by atoms with Crippen LogP contribution in [0.5, 0.6) is 34.5 Å². The van der Waals surface area contributed by atoms with E-state index in [0.29, 0.717) is 17.1 Å². The Balaban J connectivity index is 1.31. The summed E-state index contributed by atoms with van der Waals surface area (Å²) in [6, 6.07) is 22.0. The summed E-state index contributed by atoms with van der Waals surface area (Å²) < 4.78 is 62.6. The van der Waals surface area contributed by atoms with Crippen molar-refractivity contribution in [3.63, 3.8) is 0 Å². The number of hydrogen-bond donors (Lipinski definition) is 5. The van der Waals surface area contributed by atoms with Crippen LogP contribution in [0.1, 0.15) is 20.7 Å². The monoisotopic (exact) mass is 865 g/mol. The highest BCUT2D eigenvalue weighted by Crippen LogP contribution is 2.46. The van der Waals surface area contributed by atoms with Gasteiger partial charge in [0.2, 0.25) is 0 Å². The van der Waals surface area contributed by atoms with Crippen LogP contribution in [0, 0.1) is 0 Å². The first-order valence-electron chi connectivity index (χ1n) is 17.7. The van der Waals surface area contributed by atoms with Crippen molar-refractivity contribution in [2.24, 2.45) is 30.7 Å². The third kappa shape index (κ3) is 9.65. The van der Waals surface area contributed by atoms with Crippen LogP contribution in [0.15, 0.2) is 127 Å². The van der Waals surface area contributed by atoms with Gasteiger partial charge in [-0.25, -0.2) is 9.59 Å². The lowest BCUT2D eigenvalue weighted by Gasteiger charge is -2.12. The molecule has 0 aliphatic heterocycles. The largest absolute Gasteiger partial charge is 0.505 e. The first kappa shape index (κ1) is 43.4. The molecule has 0 unspecified atom stereocenters. The predicted molar refractivity (Wildman–Crippen MR) is 224 cm³/mol. The zero-order valence-electron chi connectivity index (χ0n) is 33.2. The van der Waals surface area contributed by atoms with Gasteiger partial charge in [0.1, 0.15) is 62.1 Å². The maximum absolute atomic E-state index is 12.6. The van der Waals surface area contributed by atoms with E-state index in [4.69, 9.17) is 23.7 Å². The Bertz CT molecular complexity index is 2890. The molecule has 62 heavy (non-hydrogen) atoms. The Kier molecular flexibility index (Phi) is 12.9. The number of aromatic carboxylic acids is 2. The fourth-order valence-electron chi connectivity index (χ4n) is 5.85. The van der Waals surface area contributed by atoms with Gasteiger partial charge < -0.3 is 44.3 Å². The van der Waals surface area contributed by atoms with Crippen molar-refractivity contribution in [1.82, 2.24) is 0 Å². The van der Waals surface area contributed by atoms with Gasteiger partial charge in [0.05, 0.1) is 52.4 Å². The average molecular weight is 866 g/mol. The summed E-state index contributed by atoms with van der Waals surface area (Å²) in [5.41, 5.74) is 0.516. The number of azo groups is 3. The van der Waals surface area contributed by atoms with Crippen LogP contribution in [0.3, 0.4) is 0 Å². The number of anilines is 2.